The van der Waals surface area contributed by atoms with E-state index in [1.807, 2.05) is 0 Å². The number of aromatic hydroxyl groups is 1. The van der Waals surface area contributed by atoms with E-state index in [0.29, 0.717) is 10.6 Å². The minimum Gasteiger partial charge on any atom is -0.507 e. The molecule has 6 nitrogen and oxygen atoms in total. The van der Waals surface area contributed by atoms with Gasteiger partial charge in [-0.25, -0.2) is 0 Å². The summed E-state index contributed by atoms with van der Waals surface area (Å²) in [5, 5.41) is 11.4. The number of carbonyl (C=O) groups excluding carboxylic acids is 2. The van der Waals surface area contributed by atoms with E-state index in [1.54, 1.807) is 17.5 Å². The first-order chi connectivity index (χ1) is 9.61. The second-order valence-electron chi connectivity index (χ2n) is 3.77. The van der Waals surface area contributed by atoms with Gasteiger partial charge in [0.1, 0.15) is 11.5 Å². The Morgan fingerprint density at radius 2 is 1.95 bits per heavy atom. The number of ether oxygens (including phenoxy) is 1. The summed E-state index contributed by atoms with van der Waals surface area (Å²) in [6, 6.07) is 7.61. The molecule has 2 aromatic rings. The molecule has 104 valence electrons. The van der Waals surface area contributed by atoms with Crippen molar-refractivity contribution in [3.63, 3.8) is 0 Å². The van der Waals surface area contributed by atoms with Crippen LogP contribution in [0.3, 0.4) is 0 Å². The number of hydrazine groups is 1. The Morgan fingerprint density at radius 1 is 1.20 bits per heavy atom. The Hall–Kier alpha value is -2.54. The average molecular weight is 292 g/mol. The number of thiophene rings is 1. The summed E-state index contributed by atoms with van der Waals surface area (Å²) >= 11 is 1.26. The Labute approximate surface area is 119 Å². The Bertz CT molecular complexity index is 625. The summed E-state index contributed by atoms with van der Waals surface area (Å²) in [5.41, 5.74) is 4.51. The molecule has 2 rings (SSSR count). The quantitative estimate of drug-likeness (QED) is 0.749. The molecule has 0 bridgehead atoms. The van der Waals surface area contributed by atoms with Crippen molar-refractivity contribution < 1.29 is 19.4 Å². The maximum atomic E-state index is 11.9. The molecular weight excluding hydrogens is 280 g/mol. The lowest BCUT2D eigenvalue weighted by molar-refractivity contribution is 0.0847. The zero-order valence-electron chi connectivity index (χ0n) is 10.5. The van der Waals surface area contributed by atoms with E-state index >= 15 is 0 Å². The molecule has 0 fully saturated rings. The number of rotatable bonds is 3. The molecular formula is C13H12N2O4S. The second-order valence-corrected chi connectivity index (χ2v) is 4.72. The maximum absolute atomic E-state index is 11.9. The van der Waals surface area contributed by atoms with E-state index in [4.69, 9.17) is 4.74 Å². The van der Waals surface area contributed by atoms with Crippen LogP contribution in [0.5, 0.6) is 11.5 Å². The normalized spacial score (nSPS) is 9.85. The molecule has 0 radical (unpaired) electrons. The van der Waals surface area contributed by atoms with Crippen LogP contribution in [0.25, 0.3) is 0 Å². The Kier molecular flexibility index (Phi) is 4.21. The molecule has 3 N–H and O–H groups in total. The summed E-state index contributed by atoms with van der Waals surface area (Å²) in [6.07, 6.45) is 0. The van der Waals surface area contributed by atoms with Crippen LogP contribution in [-0.2, 0) is 0 Å². The highest BCUT2D eigenvalue weighted by Gasteiger charge is 2.14. The molecule has 0 spiro atoms. The van der Waals surface area contributed by atoms with Gasteiger partial charge in [0.2, 0.25) is 0 Å². The molecule has 1 aromatic heterocycles. The zero-order chi connectivity index (χ0) is 14.5. The fourth-order valence-corrected chi connectivity index (χ4v) is 2.09. The molecule has 0 saturated carbocycles. The van der Waals surface area contributed by atoms with Gasteiger partial charge in [0.15, 0.2) is 0 Å². The third kappa shape index (κ3) is 3.07. The molecule has 20 heavy (non-hydrogen) atoms. The highest BCUT2D eigenvalue weighted by molar-refractivity contribution is 7.12. The van der Waals surface area contributed by atoms with Crippen molar-refractivity contribution in [2.75, 3.05) is 7.11 Å². The van der Waals surface area contributed by atoms with Crippen LogP contribution >= 0.6 is 11.3 Å². The Balaban J connectivity index is 2.03. The standard InChI is InChI=1S/C13H12N2O4S/c1-19-8-4-5-10(16)9(7-8)12(17)14-15-13(18)11-3-2-6-20-11/h2-7,16H,1H3,(H,14,17)(H,15,18). The molecule has 0 aliphatic rings. The summed E-state index contributed by atoms with van der Waals surface area (Å²) < 4.78 is 4.97. The number of methoxy groups -OCH3 is 1. The van der Waals surface area contributed by atoms with Crippen LogP contribution in [0.2, 0.25) is 0 Å². The fraction of sp³-hybridized carbons (Fsp3) is 0.0769. The molecule has 0 saturated heterocycles. The van der Waals surface area contributed by atoms with Gasteiger partial charge in [-0.1, -0.05) is 6.07 Å². The van der Waals surface area contributed by atoms with Crippen molar-refractivity contribution >= 4 is 23.2 Å². The van der Waals surface area contributed by atoms with Gasteiger partial charge in [-0.2, -0.15) is 0 Å². The van der Waals surface area contributed by atoms with Crippen LogP contribution in [0.15, 0.2) is 35.7 Å². The summed E-state index contributed by atoms with van der Waals surface area (Å²) in [5.74, 6) is -0.826. The minimum absolute atomic E-state index is 0.0100. The van der Waals surface area contributed by atoms with Crippen molar-refractivity contribution in [1.29, 1.82) is 0 Å². The van der Waals surface area contributed by atoms with Crippen LogP contribution in [0, 0.1) is 0 Å². The maximum Gasteiger partial charge on any atom is 0.279 e. The molecule has 1 heterocycles. The predicted molar refractivity (Wildman–Crippen MR) is 73.9 cm³/mol. The van der Waals surface area contributed by atoms with E-state index in [2.05, 4.69) is 10.9 Å². The van der Waals surface area contributed by atoms with Gasteiger partial charge in [0, 0.05) is 0 Å². The third-order valence-corrected chi connectivity index (χ3v) is 3.35. The lowest BCUT2D eigenvalue weighted by Gasteiger charge is -2.09. The number of phenols is 1. The van der Waals surface area contributed by atoms with Gasteiger partial charge in [0.05, 0.1) is 17.6 Å². The van der Waals surface area contributed by atoms with Crippen molar-refractivity contribution in [2.45, 2.75) is 0 Å². The van der Waals surface area contributed by atoms with Crippen molar-refractivity contribution in [2.24, 2.45) is 0 Å². The lowest BCUT2D eigenvalue weighted by atomic mass is 10.2. The van der Waals surface area contributed by atoms with E-state index in [9.17, 15) is 14.7 Å². The van der Waals surface area contributed by atoms with Gasteiger partial charge in [-0.05, 0) is 29.6 Å². The number of hydrogen-bond donors (Lipinski definition) is 3. The van der Waals surface area contributed by atoms with E-state index < -0.39 is 11.8 Å². The third-order valence-electron chi connectivity index (χ3n) is 2.48. The molecule has 1 aromatic carbocycles. The minimum atomic E-state index is -0.633. The number of hydrogen-bond acceptors (Lipinski definition) is 5. The first kappa shape index (κ1) is 13.9. The smallest absolute Gasteiger partial charge is 0.279 e. The summed E-state index contributed by atoms with van der Waals surface area (Å²) in [7, 11) is 1.45. The number of carbonyl (C=O) groups is 2. The second kappa shape index (κ2) is 6.07. The number of nitrogens with one attached hydrogen (secondary N) is 2. The van der Waals surface area contributed by atoms with Crippen LogP contribution in [0.1, 0.15) is 20.0 Å². The number of amides is 2. The molecule has 0 aliphatic heterocycles. The topological polar surface area (TPSA) is 87.7 Å². The molecule has 0 aliphatic carbocycles. The largest absolute Gasteiger partial charge is 0.507 e. The zero-order valence-corrected chi connectivity index (χ0v) is 11.4. The van der Waals surface area contributed by atoms with Gasteiger partial charge in [0.25, 0.3) is 11.8 Å². The van der Waals surface area contributed by atoms with Crippen LogP contribution in [0.4, 0.5) is 0 Å². The highest BCUT2D eigenvalue weighted by Crippen LogP contribution is 2.22. The van der Waals surface area contributed by atoms with Gasteiger partial charge in [-0.3, -0.25) is 20.4 Å². The highest BCUT2D eigenvalue weighted by atomic mass is 32.1. The van der Waals surface area contributed by atoms with Gasteiger partial charge < -0.3 is 9.84 Å². The summed E-state index contributed by atoms with van der Waals surface area (Å²) in [4.78, 5) is 24.0. The number of phenolic OH excluding ortho intramolecular Hbond substituents is 1. The first-order valence-electron chi connectivity index (χ1n) is 5.63. The molecule has 7 heteroatoms. The van der Waals surface area contributed by atoms with E-state index in [-0.39, 0.29) is 11.3 Å². The van der Waals surface area contributed by atoms with Gasteiger partial charge in [-0.15, -0.1) is 11.3 Å². The number of benzene rings is 1. The van der Waals surface area contributed by atoms with E-state index in [0.717, 1.165) is 0 Å². The summed E-state index contributed by atoms with van der Waals surface area (Å²) in [6.45, 7) is 0. The molecule has 0 atom stereocenters. The fourth-order valence-electron chi connectivity index (χ4n) is 1.47. The predicted octanol–water partition coefficient (Wildman–Crippen LogP) is 1.54. The van der Waals surface area contributed by atoms with Crippen molar-refractivity contribution in [3.8, 4) is 11.5 Å². The SMILES string of the molecule is COc1ccc(O)c(C(=O)NNC(=O)c2cccs2)c1. The van der Waals surface area contributed by atoms with Crippen molar-refractivity contribution in [3.05, 3.63) is 46.2 Å². The van der Waals surface area contributed by atoms with Crippen molar-refractivity contribution in [1.82, 2.24) is 10.9 Å². The molecule has 2 amide bonds. The van der Waals surface area contributed by atoms with Crippen LogP contribution < -0.4 is 15.6 Å². The monoisotopic (exact) mass is 292 g/mol. The first-order valence-corrected chi connectivity index (χ1v) is 6.51. The van der Waals surface area contributed by atoms with Gasteiger partial charge >= 0.3 is 0 Å². The average Bonchev–Trinajstić information content (AvgIpc) is 2.99. The van der Waals surface area contributed by atoms with Crippen LogP contribution in [-0.4, -0.2) is 24.0 Å². The lowest BCUT2D eigenvalue weighted by Crippen LogP contribution is -2.41. The Morgan fingerprint density at radius 3 is 2.60 bits per heavy atom. The molecule has 0 unspecified atom stereocenters. The van der Waals surface area contributed by atoms with E-state index in [1.165, 1.54) is 36.6 Å².